The van der Waals surface area contributed by atoms with E-state index >= 15 is 0 Å². The van der Waals surface area contributed by atoms with E-state index < -0.39 is 6.10 Å². The zero-order valence-corrected chi connectivity index (χ0v) is 24.1. The molecule has 0 amide bonds. The normalized spacial score (nSPS) is 33.6. The van der Waals surface area contributed by atoms with Crippen LogP contribution in [0.3, 0.4) is 0 Å². The van der Waals surface area contributed by atoms with E-state index in [-0.39, 0.29) is 42.4 Å². The molecule has 3 unspecified atom stereocenters. The zero-order chi connectivity index (χ0) is 27.3. The fraction of sp³-hybridized carbons (Fsp3) is 0.844. The molecule has 0 aromatic rings. The highest BCUT2D eigenvalue weighted by Crippen LogP contribution is 2.39. The zero-order valence-electron chi connectivity index (χ0n) is 24.1. The highest BCUT2D eigenvalue weighted by molar-refractivity contribution is 5.72. The number of aliphatic hydroxyl groups excluding tert-OH is 1. The quantitative estimate of drug-likeness (QED) is 0.220. The van der Waals surface area contributed by atoms with E-state index in [4.69, 9.17) is 23.7 Å². The molecule has 39 heavy (non-hydrogen) atoms. The molecule has 2 aliphatic heterocycles. The molecule has 2 saturated carbocycles. The third-order valence-corrected chi connectivity index (χ3v) is 9.17. The summed E-state index contributed by atoms with van der Waals surface area (Å²) >= 11 is 0. The lowest BCUT2D eigenvalue weighted by atomic mass is 9.78. The first kappa shape index (κ1) is 30.7. The van der Waals surface area contributed by atoms with Gasteiger partial charge in [-0.3, -0.25) is 4.79 Å². The van der Waals surface area contributed by atoms with Crippen LogP contribution < -0.4 is 0 Å². The Hall–Kier alpha value is -1.25. The number of hydrogen-bond donors (Lipinski definition) is 1. The number of carbonyl (C=O) groups excluding carboxylic acids is 1. The minimum absolute atomic E-state index is 0.00544. The maximum Gasteiger partial charge on any atom is 0.308 e. The fourth-order valence-corrected chi connectivity index (χ4v) is 6.94. The van der Waals surface area contributed by atoms with Crippen molar-refractivity contribution < 1.29 is 33.6 Å². The highest BCUT2D eigenvalue weighted by Gasteiger charge is 2.42. The summed E-state index contributed by atoms with van der Waals surface area (Å²) in [6.45, 7) is 2.02. The lowest BCUT2D eigenvalue weighted by Gasteiger charge is -2.29. The minimum atomic E-state index is -0.425. The van der Waals surface area contributed by atoms with E-state index in [1.54, 1.807) is 0 Å². The Morgan fingerprint density at radius 1 is 0.923 bits per heavy atom. The first-order valence-electron chi connectivity index (χ1n) is 15.7. The molecule has 1 N–H and O–H groups in total. The Labute approximate surface area is 235 Å². The number of methoxy groups -OCH3 is 1. The first-order chi connectivity index (χ1) is 19.2. The summed E-state index contributed by atoms with van der Waals surface area (Å²) in [5.41, 5.74) is 0. The Kier molecular flexibility index (Phi) is 13.3. The molecular formula is C32H52O7. The summed E-state index contributed by atoms with van der Waals surface area (Å²) in [4.78, 5) is 12.5. The molecule has 7 nitrogen and oxygen atoms in total. The molecule has 2 heterocycles. The van der Waals surface area contributed by atoms with Crippen LogP contribution in [0, 0.1) is 23.7 Å². The van der Waals surface area contributed by atoms with Gasteiger partial charge in [-0.05, 0) is 82.5 Å². The second-order valence-corrected chi connectivity index (χ2v) is 11.9. The van der Waals surface area contributed by atoms with E-state index in [1.165, 1.54) is 26.4 Å². The van der Waals surface area contributed by atoms with E-state index in [2.05, 4.69) is 24.3 Å². The van der Waals surface area contributed by atoms with Gasteiger partial charge in [0.05, 0.1) is 31.8 Å². The Morgan fingerprint density at radius 2 is 1.64 bits per heavy atom. The third kappa shape index (κ3) is 9.67. The standard InChI is InChI=1S/C32H52O7/c1-35-32(34)25(24-13-4-2-5-14-24)15-6-3-7-16-26-27(17-12-22-37-30-18-8-10-20-36-30)29(23-28(26)33)39-31-19-9-11-21-38-31/h3,7,12,17,24-31,33H,2,4-6,8-11,13-16,18-23H2,1H3/t25?,26-,27-,28+,29-,30?,31?/m1/s1. The summed E-state index contributed by atoms with van der Waals surface area (Å²) in [5, 5.41) is 11.0. The second-order valence-electron chi connectivity index (χ2n) is 11.9. The van der Waals surface area contributed by atoms with Crippen molar-refractivity contribution in [3.05, 3.63) is 24.3 Å². The van der Waals surface area contributed by atoms with Crippen LogP contribution in [0.2, 0.25) is 0 Å². The largest absolute Gasteiger partial charge is 0.469 e. The molecule has 4 aliphatic rings. The fourth-order valence-electron chi connectivity index (χ4n) is 6.94. The number of carbonyl (C=O) groups is 1. The molecule has 0 bridgehead atoms. The van der Waals surface area contributed by atoms with Gasteiger partial charge in [0.2, 0.25) is 0 Å². The Morgan fingerprint density at radius 3 is 2.33 bits per heavy atom. The van der Waals surface area contributed by atoms with E-state index in [0.717, 1.165) is 83.8 Å². The van der Waals surface area contributed by atoms with Crippen molar-refractivity contribution in [3.8, 4) is 0 Å². The molecule has 2 saturated heterocycles. The third-order valence-electron chi connectivity index (χ3n) is 9.17. The van der Waals surface area contributed by atoms with Crippen LogP contribution in [-0.4, -0.2) is 62.8 Å². The lowest BCUT2D eigenvalue weighted by molar-refractivity contribution is -0.193. The van der Waals surface area contributed by atoms with Crippen molar-refractivity contribution in [2.24, 2.45) is 23.7 Å². The number of esters is 1. The Bertz CT molecular complexity index is 750. The van der Waals surface area contributed by atoms with Gasteiger partial charge in [0, 0.05) is 25.6 Å². The minimum Gasteiger partial charge on any atom is -0.469 e. The van der Waals surface area contributed by atoms with Gasteiger partial charge >= 0.3 is 5.97 Å². The predicted octanol–water partition coefficient (Wildman–Crippen LogP) is 6.09. The van der Waals surface area contributed by atoms with Gasteiger partial charge in [0.1, 0.15) is 0 Å². The SMILES string of the molecule is COC(=O)C(CCC=CC[C@@H]1[C@@H](C=CCOC2CCCCO2)[C@H](OC2CCCCO2)C[C@@H]1O)C1CCCCC1. The summed E-state index contributed by atoms with van der Waals surface area (Å²) in [6.07, 6.45) is 23.2. The van der Waals surface area contributed by atoms with Crippen molar-refractivity contribution in [3.63, 3.8) is 0 Å². The van der Waals surface area contributed by atoms with Crippen LogP contribution in [0.1, 0.15) is 96.3 Å². The summed E-state index contributed by atoms with van der Waals surface area (Å²) < 4.78 is 29.0. The number of aliphatic hydroxyl groups is 1. The van der Waals surface area contributed by atoms with Crippen molar-refractivity contribution >= 4 is 5.97 Å². The number of ether oxygens (including phenoxy) is 5. The molecule has 0 aromatic heterocycles. The van der Waals surface area contributed by atoms with Crippen LogP contribution in [0.4, 0.5) is 0 Å². The molecule has 222 valence electrons. The van der Waals surface area contributed by atoms with Gasteiger partial charge in [-0.15, -0.1) is 0 Å². The van der Waals surface area contributed by atoms with E-state index in [0.29, 0.717) is 18.9 Å². The van der Waals surface area contributed by atoms with Crippen molar-refractivity contribution in [1.82, 2.24) is 0 Å². The number of allylic oxidation sites excluding steroid dienone is 2. The molecule has 7 heteroatoms. The van der Waals surface area contributed by atoms with Gasteiger partial charge in [-0.25, -0.2) is 0 Å². The molecule has 4 fully saturated rings. The van der Waals surface area contributed by atoms with E-state index in [1.807, 2.05) is 0 Å². The van der Waals surface area contributed by atoms with Gasteiger partial charge in [-0.2, -0.15) is 0 Å². The van der Waals surface area contributed by atoms with Crippen LogP contribution in [-0.2, 0) is 28.5 Å². The van der Waals surface area contributed by atoms with Gasteiger partial charge in [-0.1, -0.05) is 43.6 Å². The maximum absolute atomic E-state index is 12.5. The van der Waals surface area contributed by atoms with Gasteiger partial charge in [0.15, 0.2) is 12.6 Å². The van der Waals surface area contributed by atoms with Crippen LogP contribution in [0.5, 0.6) is 0 Å². The number of hydrogen-bond acceptors (Lipinski definition) is 7. The molecule has 0 aromatic carbocycles. The second kappa shape index (κ2) is 16.9. The molecule has 4 rings (SSSR count). The lowest BCUT2D eigenvalue weighted by Crippen LogP contribution is -2.30. The highest BCUT2D eigenvalue weighted by atomic mass is 16.7. The summed E-state index contributed by atoms with van der Waals surface area (Å²) in [7, 11) is 1.51. The van der Waals surface area contributed by atoms with Crippen LogP contribution in [0.25, 0.3) is 0 Å². The average Bonchev–Trinajstić information content (AvgIpc) is 3.27. The molecular weight excluding hydrogens is 496 g/mol. The molecule has 0 spiro atoms. The summed E-state index contributed by atoms with van der Waals surface area (Å²) in [5.74, 6) is 0.557. The smallest absolute Gasteiger partial charge is 0.308 e. The first-order valence-corrected chi connectivity index (χ1v) is 15.7. The van der Waals surface area contributed by atoms with Gasteiger partial charge in [0.25, 0.3) is 0 Å². The van der Waals surface area contributed by atoms with Crippen LogP contribution >= 0.6 is 0 Å². The van der Waals surface area contributed by atoms with Crippen molar-refractivity contribution in [2.45, 2.75) is 121 Å². The monoisotopic (exact) mass is 548 g/mol. The summed E-state index contributed by atoms with van der Waals surface area (Å²) in [6, 6.07) is 0. The molecule has 7 atom stereocenters. The Balaban J connectivity index is 1.31. The molecule has 0 radical (unpaired) electrons. The van der Waals surface area contributed by atoms with Crippen molar-refractivity contribution in [1.29, 1.82) is 0 Å². The topological polar surface area (TPSA) is 83.5 Å². The van der Waals surface area contributed by atoms with Crippen molar-refractivity contribution in [2.75, 3.05) is 26.9 Å². The average molecular weight is 549 g/mol. The predicted molar refractivity (Wildman–Crippen MR) is 150 cm³/mol. The van der Waals surface area contributed by atoms with Gasteiger partial charge < -0.3 is 28.8 Å². The molecule has 2 aliphatic carbocycles. The maximum atomic E-state index is 12.5. The van der Waals surface area contributed by atoms with Crippen LogP contribution in [0.15, 0.2) is 24.3 Å². The van der Waals surface area contributed by atoms with E-state index in [9.17, 15) is 9.90 Å². The number of rotatable bonds is 13.